The highest BCUT2D eigenvalue weighted by molar-refractivity contribution is 5.13. The molecule has 1 aromatic heterocycles. The molecule has 4 nitrogen and oxygen atoms in total. The first-order valence-corrected chi connectivity index (χ1v) is 5.89. The van der Waals surface area contributed by atoms with Gasteiger partial charge in [0.05, 0.1) is 0 Å². The van der Waals surface area contributed by atoms with Crippen molar-refractivity contribution in [1.82, 2.24) is 15.3 Å². The zero-order valence-electron chi connectivity index (χ0n) is 10.4. The quantitative estimate of drug-likeness (QED) is 0.716. The Morgan fingerprint density at radius 2 is 2.19 bits per heavy atom. The van der Waals surface area contributed by atoms with Gasteiger partial charge in [0, 0.05) is 24.3 Å². The van der Waals surface area contributed by atoms with Gasteiger partial charge >= 0.3 is 0 Å². The summed E-state index contributed by atoms with van der Waals surface area (Å²) in [7, 11) is 0. The maximum Gasteiger partial charge on any atom is 0.216 e. The third kappa shape index (κ3) is 5.07. The maximum atomic E-state index is 5.53. The van der Waals surface area contributed by atoms with Crippen LogP contribution in [0.25, 0.3) is 0 Å². The highest BCUT2D eigenvalue weighted by atomic mass is 16.5. The molecule has 0 saturated carbocycles. The zero-order chi connectivity index (χ0) is 11.8. The number of hydrogen-bond donors (Lipinski definition) is 1. The number of aryl methyl sites for hydroxylation is 1. The van der Waals surface area contributed by atoms with Gasteiger partial charge < -0.3 is 10.1 Å². The highest BCUT2D eigenvalue weighted by Crippen LogP contribution is 2.07. The Bertz CT molecular complexity index is 302. The van der Waals surface area contributed by atoms with Gasteiger partial charge in [0.25, 0.3) is 0 Å². The Hall–Kier alpha value is -1.16. The van der Waals surface area contributed by atoms with Crippen molar-refractivity contribution in [3.05, 3.63) is 18.1 Å². The van der Waals surface area contributed by atoms with E-state index in [1.807, 2.05) is 6.07 Å². The normalized spacial score (nSPS) is 10.8. The van der Waals surface area contributed by atoms with Crippen molar-refractivity contribution in [2.75, 3.05) is 13.2 Å². The summed E-state index contributed by atoms with van der Waals surface area (Å²) in [6, 6.07) is 2.41. The van der Waals surface area contributed by atoms with Crippen LogP contribution in [0.15, 0.2) is 12.4 Å². The minimum Gasteiger partial charge on any atom is -0.476 e. The van der Waals surface area contributed by atoms with E-state index in [1.54, 1.807) is 6.33 Å². The average molecular weight is 223 g/mol. The lowest BCUT2D eigenvalue weighted by atomic mass is 10.2. The van der Waals surface area contributed by atoms with Crippen LogP contribution in [0.3, 0.4) is 0 Å². The number of hydrogen-bond acceptors (Lipinski definition) is 4. The fourth-order valence-electron chi connectivity index (χ4n) is 1.35. The molecule has 4 heteroatoms. The lowest BCUT2D eigenvalue weighted by Gasteiger charge is -2.09. The predicted molar refractivity (Wildman–Crippen MR) is 64.7 cm³/mol. The molecule has 1 heterocycles. The van der Waals surface area contributed by atoms with Crippen molar-refractivity contribution in [3.63, 3.8) is 0 Å². The monoisotopic (exact) mass is 223 g/mol. The van der Waals surface area contributed by atoms with Crippen molar-refractivity contribution < 1.29 is 4.74 Å². The standard InChI is InChI=1S/C12H21N3O/c1-4-5-11-8-12(15-9-14-11)16-7-6-13-10(2)3/h8-10,13H,4-7H2,1-3H3. The lowest BCUT2D eigenvalue weighted by molar-refractivity contribution is 0.297. The summed E-state index contributed by atoms with van der Waals surface area (Å²) in [5, 5.41) is 3.29. The summed E-state index contributed by atoms with van der Waals surface area (Å²) in [5.74, 6) is 0.670. The third-order valence-electron chi connectivity index (χ3n) is 2.11. The maximum absolute atomic E-state index is 5.53. The topological polar surface area (TPSA) is 47.0 Å². The van der Waals surface area contributed by atoms with E-state index in [0.717, 1.165) is 25.1 Å². The number of nitrogens with zero attached hydrogens (tertiary/aromatic N) is 2. The Kier molecular flexibility index (Phi) is 5.78. The largest absolute Gasteiger partial charge is 0.476 e. The molecule has 0 aliphatic carbocycles. The molecule has 1 N–H and O–H groups in total. The first kappa shape index (κ1) is 12.9. The van der Waals surface area contributed by atoms with E-state index in [0.29, 0.717) is 18.5 Å². The number of rotatable bonds is 7. The lowest BCUT2D eigenvalue weighted by Crippen LogP contribution is -2.27. The van der Waals surface area contributed by atoms with Crippen LogP contribution in [-0.4, -0.2) is 29.2 Å². The molecule has 1 aromatic rings. The summed E-state index contributed by atoms with van der Waals surface area (Å²) in [6.45, 7) is 7.84. The van der Waals surface area contributed by atoms with Gasteiger partial charge in [-0.2, -0.15) is 0 Å². The van der Waals surface area contributed by atoms with E-state index < -0.39 is 0 Å². The van der Waals surface area contributed by atoms with Gasteiger partial charge in [-0.05, 0) is 6.42 Å². The van der Waals surface area contributed by atoms with Crippen LogP contribution < -0.4 is 10.1 Å². The molecule has 0 radical (unpaired) electrons. The zero-order valence-corrected chi connectivity index (χ0v) is 10.4. The molecule has 1 rings (SSSR count). The number of aromatic nitrogens is 2. The minimum absolute atomic E-state index is 0.490. The Morgan fingerprint density at radius 1 is 1.38 bits per heavy atom. The predicted octanol–water partition coefficient (Wildman–Crippen LogP) is 1.81. The second kappa shape index (κ2) is 7.17. The first-order valence-electron chi connectivity index (χ1n) is 5.89. The Morgan fingerprint density at radius 3 is 2.88 bits per heavy atom. The minimum atomic E-state index is 0.490. The van der Waals surface area contributed by atoms with Crippen molar-refractivity contribution in [1.29, 1.82) is 0 Å². The van der Waals surface area contributed by atoms with Gasteiger partial charge in [-0.25, -0.2) is 9.97 Å². The van der Waals surface area contributed by atoms with Crippen LogP contribution in [0, 0.1) is 0 Å². The molecule has 0 unspecified atom stereocenters. The Labute approximate surface area is 97.5 Å². The van der Waals surface area contributed by atoms with Gasteiger partial charge in [0.15, 0.2) is 0 Å². The molecule has 0 bridgehead atoms. The molecule has 90 valence electrons. The van der Waals surface area contributed by atoms with Gasteiger partial charge in [0.1, 0.15) is 12.9 Å². The van der Waals surface area contributed by atoms with Crippen LogP contribution in [-0.2, 0) is 6.42 Å². The summed E-state index contributed by atoms with van der Waals surface area (Å²) in [4.78, 5) is 8.26. The fraction of sp³-hybridized carbons (Fsp3) is 0.667. The fourth-order valence-corrected chi connectivity index (χ4v) is 1.35. The summed E-state index contributed by atoms with van der Waals surface area (Å²) in [6.07, 6.45) is 3.63. The van der Waals surface area contributed by atoms with Crippen LogP contribution in [0.5, 0.6) is 5.88 Å². The van der Waals surface area contributed by atoms with E-state index in [-0.39, 0.29) is 0 Å². The van der Waals surface area contributed by atoms with Gasteiger partial charge in [-0.3, -0.25) is 0 Å². The van der Waals surface area contributed by atoms with Crippen molar-refractivity contribution >= 4 is 0 Å². The molecule has 16 heavy (non-hydrogen) atoms. The smallest absolute Gasteiger partial charge is 0.216 e. The van der Waals surface area contributed by atoms with Crippen LogP contribution in [0.2, 0.25) is 0 Å². The molecular weight excluding hydrogens is 202 g/mol. The van der Waals surface area contributed by atoms with E-state index in [2.05, 4.69) is 36.1 Å². The second-order valence-electron chi connectivity index (χ2n) is 4.05. The third-order valence-corrected chi connectivity index (χ3v) is 2.11. The highest BCUT2D eigenvalue weighted by Gasteiger charge is 1.99. The Balaban J connectivity index is 2.33. The van der Waals surface area contributed by atoms with E-state index in [1.165, 1.54) is 0 Å². The van der Waals surface area contributed by atoms with Crippen molar-refractivity contribution in [2.45, 2.75) is 39.7 Å². The van der Waals surface area contributed by atoms with Crippen molar-refractivity contribution in [3.8, 4) is 5.88 Å². The summed E-state index contributed by atoms with van der Waals surface area (Å²) >= 11 is 0. The summed E-state index contributed by atoms with van der Waals surface area (Å²) < 4.78 is 5.53. The average Bonchev–Trinajstić information content (AvgIpc) is 2.25. The van der Waals surface area contributed by atoms with Crippen LogP contribution >= 0.6 is 0 Å². The second-order valence-corrected chi connectivity index (χ2v) is 4.05. The molecule has 0 fully saturated rings. The van der Waals surface area contributed by atoms with Crippen LogP contribution in [0.1, 0.15) is 32.9 Å². The molecule has 0 spiro atoms. The van der Waals surface area contributed by atoms with Gasteiger partial charge in [-0.1, -0.05) is 27.2 Å². The van der Waals surface area contributed by atoms with E-state index >= 15 is 0 Å². The first-order chi connectivity index (χ1) is 7.72. The molecule has 0 saturated heterocycles. The molecular formula is C12H21N3O. The molecule has 0 aliphatic rings. The summed E-state index contributed by atoms with van der Waals surface area (Å²) in [5.41, 5.74) is 1.05. The van der Waals surface area contributed by atoms with Crippen LogP contribution in [0.4, 0.5) is 0 Å². The molecule has 0 aromatic carbocycles. The molecule has 0 aliphatic heterocycles. The van der Waals surface area contributed by atoms with Crippen molar-refractivity contribution in [2.24, 2.45) is 0 Å². The molecule has 0 amide bonds. The number of ether oxygens (including phenoxy) is 1. The SMILES string of the molecule is CCCc1cc(OCCNC(C)C)ncn1. The van der Waals surface area contributed by atoms with E-state index in [9.17, 15) is 0 Å². The number of nitrogens with one attached hydrogen (secondary N) is 1. The van der Waals surface area contributed by atoms with Gasteiger partial charge in [0.2, 0.25) is 5.88 Å². The molecule has 0 atom stereocenters. The van der Waals surface area contributed by atoms with E-state index in [4.69, 9.17) is 4.74 Å². The van der Waals surface area contributed by atoms with Gasteiger partial charge in [-0.15, -0.1) is 0 Å².